The second-order valence-electron chi connectivity index (χ2n) is 3.42. The summed E-state index contributed by atoms with van der Waals surface area (Å²) in [4.78, 5) is 4.03. The van der Waals surface area contributed by atoms with Gasteiger partial charge in [0.25, 0.3) is 5.89 Å². The maximum atomic E-state index is 13.5. The minimum absolute atomic E-state index is 0.0913. The average Bonchev–Trinajstić information content (AvgIpc) is 2.75. The first kappa shape index (κ1) is 11.5. The van der Waals surface area contributed by atoms with Crippen molar-refractivity contribution in [3.63, 3.8) is 0 Å². The number of ether oxygens (including phenoxy) is 1. The van der Waals surface area contributed by atoms with Gasteiger partial charge in [0.05, 0.1) is 12.2 Å². The third-order valence-electron chi connectivity index (χ3n) is 2.18. The zero-order valence-electron chi connectivity index (χ0n) is 9.18. The smallest absolute Gasteiger partial charge is 0.260 e. The molecule has 0 bridgehead atoms. The highest BCUT2D eigenvalue weighted by molar-refractivity contribution is 5.55. The highest BCUT2D eigenvalue weighted by Crippen LogP contribution is 2.24. The molecule has 90 valence electrons. The summed E-state index contributed by atoms with van der Waals surface area (Å²) < 4.78 is 23.3. The zero-order chi connectivity index (χ0) is 12.3. The Hall–Kier alpha value is -1.95. The average molecular weight is 238 g/mol. The second kappa shape index (κ2) is 4.92. The summed E-state index contributed by atoms with van der Waals surface area (Å²) in [6.07, 6.45) is 0.500. The number of halogens is 1. The van der Waals surface area contributed by atoms with Crippen molar-refractivity contribution in [3.05, 3.63) is 29.8 Å². The summed E-state index contributed by atoms with van der Waals surface area (Å²) in [7, 11) is 1.57. The molecular formula is C11H11FN2O3. The van der Waals surface area contributed by atoms with E-state index >= 15 is 0 Å². The lowest BCUT2D eigenvalue weighted by Gasteiger charge is -1.97. The quantitative estimate of drug-likeness (QED) is 0.879. The van der Waals surface area contributed by atoms with Crippen molar-refractivity contribution in [2.75, 3.05) is 13.7 Å². The van der Waals surface area contributed by atoms with Crippen LogP contribution in [0.15, 0.2) is 22.7 Å². The number of aromatic nitrogens is 2. The molecule has 2 aromatic rings. The minimum Gasteiger partial charge on any atom is -0.508 e. The van der Waals surface area contributed by atoms with E-state index in [0.29, 0.717) is 18.9 Å². The lowest BCUT2D eigenvalue weighted by atomic mass is 10.2. The van der Waals surface area contributed by atoms with Gasteiger partial charge in [-0.1, -0.05) is 5.16 Å². The number of phenolic OH excluding ortho intramolecular Hbond substituents is 1. The Kier molecular flexibility index (Phi) is 3.34. The van der Waals surface area contributed by atoms with Gasteiger partial charge in [0.15, 0.2) is 5.82 Å². The SMILES string of the molecule is COCCc1noc(-c2ccc(O)cc2F)n1. The number of rotatable bonds is 4. The third-order valence-corrected chi connectivity index (χ3v) is 2.18. The van der Waals surface area contributed by atoms with Gasteiger partial charge in [-0.15, -0.1) is 0 Å². The summed E-state index contributed by atoms with van der Waals surface area (Å²) in [5, 5.41) is 12.8. The number of hydrogen-bond donors (Lipinski definition) is 1. The van der Waals surface area contributed by atoms with Gasteiger partial charge in [-0.05, 0) is 12.1 Å². The van der Waals surface area contributed by atoms with Gasteiger partial charge in [-0.25, -0.2) is 4.39 Å². The van der Waals surface area contributed by atoms with Crippen LogP contribution >= 0.6 is 0 Å². The molecule has 1 N–H and O–H groups in total. The van der Waals surface area contributed by atoms with Crippen LogP contribution in [0.2, 0.25) is 0 Å². The van der Waals surface area contributed by atoms with Gasteiger partial charge >= 0.3 is 0 Å². The molecule has 2 rings (SSSR count). The first-order valence-electron chi connectivity index (χ1n) is 5.01. The van der Waals surface area contributed by atoms with Crippen LogP contribution in [0, 0.1) is 5.82 Å². The van der Waals surface area contributed by atoms with Crippen LogP contribution in [-0.4, -0.2) is 29.0 Å². The molecular weight excluding hydrogens is 227 g/mol. The molecule has 0 saturated carbocycles. The van der Waals surface area contributed by atoms with E-state index in [1.807, 2.05) is 0 Å². The van der Waals surface area contributed by atoms with Crippen molar-refractivity contribution in [2.24, 2.45) is 0 Å². The number of benzene rings is 1. The van der Waals surface area contributed by atoms with E-state index in [1.165, 1.54) is 12.1 Å². The first-order chi connectivity index (χ1) is 8.20. The fourth-order valence-corrected chi connectivity index (χ4v) is 1.34. The molecule has 5 nitrogen and oxygen atoms in total. The molecule has 0 aliphatic carbocycles. The van der Waals surface area contributed by atoms with Crippen LogP contribution in [-0.2, 0) is 11.2 Å². The monoisotopic (exact) mass is 238 g/mol. The number of hydrogen-bond acceptors (Lipinski definition) is 5. The van der Waals surface area contributed by atoms with Crippen molar-refractivity contribution >= 4 is 0 Å². The summed E-state index contributed by atoms with van der Waals surface area (Å²) in [5.74, 6) is -0.208. The molecule has 0 spiro atoms. The number of aromatic hydroxyl groups is 1. The van der Waals surface area contributed by atoms with Gasteiger partial charge in [0, 0.05) is 19.6 Å². The lowest BCUT2D eigenvalue weighted by Crippen LogP contribution is -1.96. The second-order valence-corrected chi connectivity index (χ2v) is 3.42. The van der Waals surface area contributed by atoms with Crippen molar-refractivity contribution in [1.82, 2.24) is 10.1 Å². The first-order valence-corrected chi connectivity index (χ1v) is 5.01. The van der Waals surface area contributed by atoms with Crippen LogP contribution < -0.4 is 0 Å². The van der Waals surface area contributed by atoms with Crippen LogP contribution in [0.1, 0.15) is 5.82 Å². The van der Waals surface area contributed by atoms with E-state index in [2.05, 4.69) is 10.1 Å². The van der Waals surface area contributed by atoms with Crippen molar-refractivity contribution in [1.29, 1.82) is 0 Å². The maximum absolute atomic E-state index is 13.5. The Morgan fingerprint density at radius 1 is 1.47 bits per heavy atom. The molecule has 0 amide bonds. The van der Waals surface area contributed by atoms with E-state index in [1.54, 1.807) is 7.11 Å². The molecule has 1 aromatic carbocycles. The number of phenols is 1. The summed E-state index contributed by atoms with van der Waals surface area (Å²) in [6.45, 7) is 0.469. The Balaban J connectivity index is 2.24. The maximum Gasteiger partial charge on any atom is 0.260 e. The highest BCUT2D eigenvalue weighted by atomic mass is 19.1. The van der Waals surface area contributed by atoms with Crippen LogP contribution in [0.5, 0.6) is 5.75 Å². The van der Waals surface area contributed by atoms with Gasteiger partial charge in [-0.2, -0.15) is 4.98 Å². The van der Waals surface area contributed by atoms with Gasteiger partial charge < -0.3 is 14.4 Å². The minimum atomic E-state index is -0.605. The van der Waals surface area contributed by atoms with E-state index < -0.39 is 5.82 Å². The summed E-state index contributed by atoms with van der Waals surface area (Å²) in [5.41, 5.74) is 0.166. The molecule has 0 aliphatic heterocycles. The molecule has 0 unspecified atom stereocenters. The molecule has 17 heavy (non-hydrogen) atoms. The summed E-state index contributed by atoms with van der Waals surface area (Å²) in [6, 6.07) is 3.74. The van der Waals surface area contributed by atoms with Gasteiger partial charge in [0.1, 0.15) is 11.6 Å². The van der Waals surface area contributed by atoms with E-state index in [9.17, 15) is 4.39 Å². The molecule has 0 atom stereocenters. The Morgan fingerprint density at radius 2 is 2.29 bits per heavy atom. The zero-order valence-corrected chi connectivity index (χ0v) is 9.18. The van der Waals surface area contributed by atoms with E-state index in [-0.39, 0.29) is 17.2 Å². The Bertz CT molecular complexity index is 513. The van der Waals surface area contributed by atoms with Crippen molar-refractivity contribution in [2.45, 2.75) is 6.42 Å². The van der Waals surface area contributed by atoms with Crippen LogP contribution in [0.3, 0.4) is 0 Å². The predicted molar refractivity (Wildman–Crippen MR) is 56.9 cm³/mol. The standard InChI is InChI=1S/C11H11FN2O3/c1-16-5-4-10-13-11(17-14-10)8-3-2-7(15)6-9(8)12/h2-3,6,15H,4-5H2,1H3. The van der Waals surface area contributed by atoms with Crippen molar-refractivity contribution < 1.29 is 18.8 Å². The largest absolute Gasteiger partial charge is 0.508 e. The Labute approximate surface area is 96.8 Å². The van der Waals surface area contributed by atoms with Crippen LogP contribution in [0.4, 0.5) is 4.39 Å². The molecule has 0 saturated heterocycles. The Morgan fingerprint density at radius 3 is 3.00 bits per heavy atom. The molecule has 0 radical (unpaired) electrons. The molecule has 0 fully saturated rings. The predicted octanol–water partition coefficient (Wildman–Crippen LogP) is 1.77. The van der Waals surface area contributed by atoms with E-state index in [4.69, 9.17) is 14.4 Å². The van der Waals surface area contributed by atoms with Crippen molar-refractivity contribution in [3.8, 4) is 17.2 Å². The fraction of sp³-hybridized carbons (Fsp3) is 0.273. The summed E-state index contributed by atoms with van der Waals surface area (Å²) >= 11 is 0. The van der Waals surface area contributed by atoms with Gasteiger partial charge in [-0.3, -0.25) is 0 Å². The molecule has 1 aromatic heterocycles. The molecule has 1 heterocycles. The molecule has 6 heteroatoms. The fourth-order valence-electron chi connectivity index (χ4n) is 1.34. The van der Waals surface area contributed by atoms with Gasteiger partial charge in [0.2, 0.25) is 0 Å². The topological polar surface area (TPSA) is 68.4 Å². The normalized spacial score (nSPS) is 10.7. The van der Waals surface area contributed by atoms with Crippen LogP contribution in [0.25, 0.3) is 11.5 Å². The number of methoxy groups -OCH3 is 1. The van der Waals surface area contributed by atoms with E-state index in [0.717, 1.165) is 6.07 Å². The third kappa shape index (κ3) is 2.59. The molecule has 0 aliphatic rings. The number of nitrogens with zero attached hydrogens (tertiary/aromatic N) is 2. The highest BCUT2D eigenvalue weighted by Gasteiger charge is 2.13. The lowest BCUT2D eigenvalue weighted by molar-refractivity contribution is 0.199.